The van der Waals surface area contributed by atoms with E-state index in [0.717, 1.165) is 16.9 Å². The Morgan fingerprint density at radius 2 is 1.91 bits per heavy atom. The van der Waals surface area contributed by atoms with Crippen molar-refractivity contribution in [3.05, 3.63) is 36.2 Å². The summed E-state index contributed by atoms with van der Waals surface area (Å²) < 4.78 is 12.1. The van der Waals surface area contributed by atoms with Crippen LogP contribution in [0.5, 0.6) is 0 Å². The summed E-state index contributed by atoms with van der Waals surface area (Å²) in [4.78, 5) is 15.7. The van der Waals surface area contributed by atoms with Crippen LogP contribution in [0.1, 0.15) is 39.1 Å². The van der Waals surface area contributed by atoms with Crippen molar-refractivity contribution in [1.82, 2.24) is 10.3 Å². The summed E-state index contributed by atoms with van der Waals surface area (Å²) in [5.74, 6) is -0.213. The van der Waals surface area contributed by atoms with Crippen LogP contribution >= 0.6 is 0 Å². The number of hydrogen-bond donors (Lipinski definition) is 1. The molecule has 1 aromatic heterocycles. The van der Waals surface area contributed by atoms with E-state index in [1.807, 2.05) is 46.8 Å². The van der Waals surface area contributed by atoms with E-state index in [2.05, 4.69) is 16.9 Å². The highest BCUT2D eigenvalue weighted by atomic mass is 16.7. The number of aryl methyl sites for hydroxylation is 1. The molecule has 1 aromatic rings. The first-order chi connectivity index (χ1) is 10.2. The third-order valence-corrected chi connectivity index (χ3v) is 4.32. The Bertz CT molecular complexity index is 583. The summed E-state index contributed by atoms with van der Waals surface area (Å²) >= 11 is 0. The summed E-state index contributed by atoms with van der Waals surface area (Å²) in [5, 5.41) is 2.71. The molecular weight excluding hydrogens is 279 g/mol. The summed E-state index contributed by atoms with van der Waals surface area (Å²) in [6, 6.07) is 3.82. The SMILES string of the molecule is C=CC(=O)NCc1ccc(B2OC(C)(C)C(C)(C)O2)c(C)n1. The van der Waals surface area contributed by atoms with Crippen LogP contribution in [0.25, 0.3) is 0 Å². The molecule has 1 aliphatic heterocycles. The van der Waals surface area contributed by atoms with Gasteiger partial charge in [0.15, 0.2) is 0 Å². The van der Waals surface area contributed by atoms with Gasteiger partial charge in [-0.1, -0.05) is 12.6 Å². The average Bonchev–Trinajstić information content (AvgIpc) is 2.64. The third kappa shape index (κ3) is 3.23. The lowest BCUT2D eigenvalue weighted by atomic mass is 9.78. The minimum absolute atomic E-state index is 0.213. The van der Waals surface area contributed by atoms with Gasteiger partial charge in [-0.3, -0.25) is 9.78 Å². The van der Waals surface area contributed by atoms with Crippen LogP contribution in [0.3, 0.4) is 0 Å². The number of carbonyl (C=O) groups excluding carboxylic acids is 1. The second-order valence-electron chi connectivity index (χ2n) is 6.49. The number of rotatable bonds is 4. The van der Waals surface area contributed by atoms with Crippen molar-refractivity contribution in [2.75, 3.05) is 0 Å². The number of hydrogen-bond acceptors (Lipinski definition) is 4. The lowest BCUT2D eigenvalue weighted by molar-refractivity contribution is -0.116. The summed E-state index contributed by atoms with van der Waals surface area (Å²) in [5.41, 5.74) is 1.79. The number of nitrogens with one attached hydrogen (secondary N) is 1. The Labute approximate surface area is 132 Å². The molecule has 118 valence electrons. The molecule has 1 amide bonds. The van der Waals surface area contributed by atoms with Gasteiger partial charge in [-0.25, -0.2) is 0 Å². The first kappa shape index (κ1) is 16.7. The van der Waals surface area contributed by atoms with E-state index in [4.69, 9.17) is 9.31 Å². The van der Waals surface area contributed by atoms with Crippen molar-refractivity contribution in [3.63, 3.8) is 0 Å². The van der Waals surface area contributed by atoms with Crippen molar-refractivity contribution >= 4 is 18.5 Å². The van der Waals surface area contributed by atoms with Crippen LogP contribution < -0.4 is 10.8 Å². The van der Waals surface area contributed by atoms with Crippen LogP contribution in [-0.4, -0.2) is 29.2 Å². The van der Waals surface area contributed by atoms with E-state index < -0.39 is 7.12 Å². The van der Waals surface area contributed by atoms with Crippen LogP contribution in [-0.2, 0) is 20.6 Å². The van der Waals surface area contributed by atoms with Crippen LogP contribution in [0.2, 0.25) is 0 Å². The molecule has 0 spiro atoms. The molecule has 0 aliphatic carbocycles. The standard InChI is InChI=1S/C16H23BN2O3/c1-7-14(20)18-10-12-8-9-13(11(2)19-12)17-21-15(3,4)16(5,6)22-17/h7-9H,1,10H2,2-6H3,(H,18,20). The van der Waals surface area contributed by atoms with E-state index in [-0.39, 0.29) is 17.1 Å². The minimum atomic E-state index is -0.422. The van der Waals surface area contributed by atoms with Gasteiger partial charge in [0.05, 0.1) is 23.4 Å². The summed E-state index contributed by atoms with van der Waals surface area (Å²) in [6.07, 6.45) is 1.24. The van der Waals surface area contributed by atoms with E-state index in [1.54, 1.807) is 0 Å². The largest absolute Gasteiger partial charge is 0.496 e. The predicted molar refractivity (Wildman–Crippen MR) is 86.7 cm³/mol. The second-order valence-corrected chi connectivity index (χ2v) is 6.49. The van der Waals surface area contributed by atoms with E-state index in [9.17, 15) is 4.79 Å². The Balaban J connectivity index is 2.14. The molecule has 0 radical (unpaired) electrons. The zero-order valence-electron chi connectivity index (χ0n) is 13.9. The molecule has 0 bridgehead atoms. The number of aromatic nitrogens is 1. The molecular formula is C16H23BN2O3. The molecule has 1 saturated heterocycles. The number of pyridine rings is 1. The highest BCUT2D eigenvalue weighted by molar-refractivity contribution is 6.62. The quantitative estimate of drug-likeness (QED) is 0.676. The molecule has 22 heavy (non-hydrogen) atoms. The van der Waals surface area contributed by atoms with Crippen LogP contribution in [0.15, 0.2) is 24.8 Å². The highest BCUT2D eigenvalue weighted by Gasteiger charge is 2.52. The topological polar surface area (TPSA) is 60.5 Å². The van der Waals surface area contributed by atoms with Crippen LogP contribution in [0.4, 0.5) is 0 Å². The smallest absolute Gasteiger partial charge is 0.399 e. The molecule has 2 heterocycles. The van der Waals surface area contributed by atoms with E-state index >= 15 is 0 Å². The molecule has 6 heteroatoms. The zero-order chi connectivity index (χ0) is 16.5. The van der Waals surface area contributed by atoms with E-state index in [0.29, 0.717) is 6.54 Å². The fourth-order valence-electron chi connectivity index (χ4n) is 2.19. The fourth-order valence-corrected chi connectivity index (χ4v) is 2.19. The third-order valence-electron chi connectivity index (χ3n) is 4.32. The minimum Gasteiger partial charge on any atom is -0.399 e. The van der Waals surface area contributed by atoms with Gasteiger partial charge in [-0.15, -0.1) is 0 Å². The van der Waals surface area contributed by atoms with Gasteiger partial charge in [0.2, 0.25) is 5.91 Å². The lowest BCUT2D eigenvalue weighted by Gasteiger charge is -2.32. The van der Waals surface area contributed by atoms with Crippen molar-refractivity contribution in [3.8, 4) is 0 Å². The Morgan fingerprint density at radius 3 is 2.41 bits per heavy atom. The van der Waals surface area contributed by atoms with Gasteiger partial charge in [0.1, 0.15) is 0 Å². The Kier molecular flexibility index (Phi) is 4.45. The summed E-state index contributed by atoms with van der Waals surface area (Å²) in [7, 11) is -0.422. The molecule has 1 N–H and O–H groups in total. The molecule has 0 atom stereocenters. The molecule has 1 fully saturated rings. The summed E-state index contributed by atoms with van der Waals surface area (Å²) in [6.45, 7) is 13.8. The average molecular weight is 302 g/mol. The Morgan fingerprint density at radius 1 is 1.32 bits per heavy atom. The van der Waals surface area contributed by atoms with Crippen molar-refractivity contribution in [2.45, 2.75) is 52.4 Å². The molecule has 0 aromatic carbocycles. The zero-order valence-corrected chi connectivity index (χ0v) is 13.9. The second kappa shape index (κ2) is 5.86. The van der Waals surface area contributed by atoms with Crippen molar-refractivity contribution < 1.29 is 14.1 Å². The number of carbonyl (C=O) groups is 1. The molecule has 0 unspecified atom stereocenters. The number of amides is 1. The van der Waals surface area contributed by atoms with E-state index in [1.165, 1.54) is 6.08 Å². The molecule has 0 saturated carbocycles. The number of nitrogens with zero attached hydrogens (tertiary/aromatic N) is 1. The normalized spacial score (nSPS) is 19.0. The van der Waals surface area contributed by atoms with Gasteiger partial charge < -0.3 is 14.6 Å². The van der Waals surface area contributed by atoms with Gasteiger partial charge in [-0.05, 0) is 46.8 Å². The molecule has 2 rings (SSSR count). The maximum atomic E-state index is 11.2. The van der Waals surface area contributed by atoms with Gasteiger partial charge in [0.25, 0.3) is 0 Å². The van der Waals surface area contributed by atoms with Gasteiger partial charge in [0, 0.05) is 11.2 Å². The van der Waals surface area contributed by atoms with Crippen molar-refractivity contribution in [2.24, 2.45) is 0 Å². The molecule has 5 nitrogen and oxygen atoms in total. The monoisotopic (exact) mass is 302 g/mol. The predicted octanol–water partition coefficient (Wildman–Crippen LogP) is 1.49. The van der Waals surface area contributed by atoms with Crippen LogP contribution in [0, 0.1) is 6.92 Å². The van der Waals surface area contributed by atoms with Gasteiger partial charge in [-0.2, -0.15) is 0 Å². The highest BCUT2D eigenvalue weighted by Crippen LogP contribution is 2.36. The fraction of sp³-hybridized carbons (Fsp3) is 0.500. The maximum Gasteiger partial charge on any atom is 0.496 e. The first-order valence-corrected chi connectivity index (χ1v) is 7.38. The molecule has 1 aliphatic rings. The first-order valence-electron chi connectivity index (χ1n) is 7.38. The maximum absolute atomic E-state index is 11.2. The lowest BCUT2D eigenvalue weighted by Crippen LogP contribution is -2.41. The van der Waals surface area contributed by atoms with Gasteiger partial charge >= 0.3 is 7.12 Å². The van der Waals surface area contributed by atoms with Crippen molar-refractivity contribution in [1.29, 1.82) is 0 Å². The Hall–Kier alpha value is -1.66.